The summed E-state index contributed by atoms with van der Waals surface area (Å²) in [6, 6.07) is 18.7. The topological polar surface area (TPSA) is 122 Å². The lowest BCUT2D eigenvalue weighted by atomic mass is 10.1. The second kappa shape index (κ2) is 9.19. The Bertz CT molecular complexity index is 1610. The van der Waals surface area contributed by atoms with E-state index in [1.807, 2.05) is 62.4 Å². The summed E-state index contributed by atoms with van der Waals surface area (Å²) < 4.78 is 25.1. The molecule has 1 heterocycles. The molecule has 0 saturated carbocycles. The highest BCUT2D eigenvalue weighted by Gasteiger charge is 2.18. The van der Waals surface area contributed by atoms with Crippen LogP contribution in [-0.2, 0) is 9.84 Å². The predicted octanol–water partition coefficient (Wildman–Crippen LogP) is 4.30. The minimum Gasteiger partial charge on any atom is -0.478 e. The fraction of sp³-hybridized carbons (Fsp3) is 0.115. The third-order valence-electron chi connectivity index (χ3n) is 5.52. The summed E-state index contributed by atoms with van der Waals surface area (Å²) in [7, 11) is -3.60. The lowest BCUT2D eigenvalue weighted by Gasteiger charge is -2.04. The summed E-state index contributed by atoms with van der Waals surface area (Å²) in [6.45, 7) is 3.91. The molecule has 4 rings (SSSR count). The maximum atomic E-state index is 13.4. The largest absolute Gasteiger partial charge is 0.478 e. The number of sulfone groups is 1. The summed E-state index contributed by atoms with van der Waals surface area (Å²) in [5, 5.41) is 12.7. The van der Waals surface area contributed by atoms with Crippen LogP contribution >= 0.6 is 0 Å². The fourth-order valence-electron chi connectivity index (χ4n) is 3.55. The van der Waals surface area contributed by atoms with E-state index in [2.05, 4.69) is 10.1 Å². The van der Waals surface area contributed by atoms with Crippen molar-refractivity contribution in [2.24, 2.45) is 4.99 Å². The number of aromatic carboxylic acids is 1. The highest BCUT2D eigenvalue weighted by atomic mass is 32.2. The van der Waals surface area contributed by atoms with Crippen molar-refractivity contribution in [2.45, 2.75) is 18.7 Å². The first-order chi connectivity index (χ1) is 16.5. The number of aliphatic imine (C=N–C) groups is 1. The number of H-pyrrole nitrogens is 1. The molecule has 0 radical (unpaired) electrons. The standard InChI is InChI=1S/C26H23N3O5S/c1-16-4-8-18(9-5-16)24-22(25(30)29(28-24)19-10-6-17(2)7-11-19)15-27-23-13-12-20(35(3,33)34)14-21(23)26(31)32/h4-15,28H,1-3H3,(H,31,32). The summed E-state index contributed by atoms with van der Waals surface area (Å²) in [6.07, 6.45) is 2.30. The van der Waals surface area contributed by atoms with Gasteiger partial charge in [-0.25, -0.2) is 17.9 Å². The van der Waals surface area contributed by atoms with E-state index in [-0.39, 0.29) is 27.3 Å². The van der Waals surface area contributed by atoms with Crippen molar-refractivity contribution < 1.29 is 18.3 Å². The quantitative estimate of drug-likeness (QED) is 0.391. The smallest absolute Gasteiger partial charge is 0.337 e. The van der Waals surface area contributed by atoms with E-state index in [1.165, 1.54) is 23.0 Å². The molecule has 4 aromatic rings. The maximum Gasteiger partial charge on any atom is 0.337 e. The van der Waals surface area contributed by atoms with Crippen molar-refractivity contribution in [1.82, 2.24) is 9.78 Å². The third kappa shape index (κ3) is 4.99. The zero-order chi connectivity index (χ0) is 25.3. The van der Waals surface area contributed by atoms with E-state index in [0.29, 0.717) is 11.4 Å². The van der Waals surface area contributed by atoms with Gasteiger partial charge < -0.3 is 5.11 Å². The summed E-state index contributed by atoms with van der Waals surface area (Å²) in [4.78, 5) is 29.3. The number of carboxylic acids is 1. The Morgan fingerprint density at radius 3 is 2.14 bits per heavy atom. The van der Waals surface area contributed by atoms with Gasteiger partial charge in [-0.3, -0.25) is 14.9 Å². The first-order valence-corrected chi connectivity index (χ1v) is 12.5. The monoisotopic (exact) mass is 489 g/mol. The second-order valence-electron chi connectivity index (χ2n) is 8.26. The van der Waals surface area contributed by atoms with Gasteiger partial charge in [0.15, 0.2) is 9.84 Å². The Morgan fingerprint density at radius 1 is 0.971 bits per heavy atom. The zero-order valence-corrected chi connectivity index (χ0v) is 20.1. The number of hydrogen-bond donors (Lipinski definition) is 2. The molecule has 0 fully saturated rings. The molecule has 0 saturated heterocycles. The van der Waals surface area contributed by atoms with E-state index in [0.717, 1.165) is 29.0 Å². The fourth-order valence-corrected chi connectivity index (χ4v) is 4.20. The van der Waals surface area contributed by atoms with E-state index < -0.39 is 15.8 Å². The predicted molar refractivity (Wildman–Crippen MR) is 135 cm³/mol. The molecule has 0 aliphatic rings. The molecule has 0 atom stereocenters. The normalized spacial score (nSPS) is 11.7. The number of rotatable bonds is 6. The van der Waals surface area contributed by atoms with Gasteiger partial charge in [0.1, 0.15) is 0 Å². The average molecular weight is 490 g/mol. The van der Waals surface area contributed by atoms with Crippen molar-refractivity contribution in [3.63, 3.8) is 0 Å². The van der Waals surface area contributed by atoms with Gasteiger partial charge in [-0.1, -0.05) is 47.5 Å². The van der Waals surface area contributed by atoms with Gasteiger partial charge in [0.25, 0.3) is 5.56 Å². The highest BCUT2D eigenvalue weighted by molar-refractivity contribution is 7.90. The van der Waals surface area contributed by atoms with Crippen LogP contribution in [-0.4, -0.2) is 41.7 Å². The van der Waals surface area contributed by atoms with E-state index in [4.69, 9.17) is 0 Å². The van der Waals surface area contributed by atoms with Crippen LogP contribution in [0.5, 0.6) is 0 Å². The van der Waals surface area contributed by atoms with Gasteiger partial charge in [0.2, 0.25) is 0 Å². The molecule has 178 valence electrons. The molecular formula is C26H23N3O5S. The summed E-state index contributed by atoms with van der Waals surface area (Å²) in [5.74, 6) is -1.33. The number of carbonyl (C=O) groups is 1. The van der Waals surface area contributed by atoms with Crippen molar-refractivity contribution in [3.05, 3.63) is 99.3 Å². The van der Waals surface area contributed by atoms with Gasteiger partial charge in [-0.15, -0.1) is 0 Å². The molecule has 0 aliphatic heterocycles. The van der Waals surface area contributed by atoms with Crippen LogP contribution in [0.4, 0.5) is 5.69 Å². The minimum absolute atomic E-state index is 0.0299. The summed E-state index contributed by atoms with van der Waals surface area (Å²) in [5.41, 5.74) is 3.63. The molecule has 2 N–H and O–H groups in total. The zero-order valence-electron chi connectivity index (χ0n) is 19.3. The number of aryl methyl sites for hydroxylation is 2. The lowest BCUT2D eigenvalue weighted by molar-refractivity contribution is 0.0697. The van der Waals surface area contributed by atoms with E-state index in [9.17, 15) is 23.1 Å². The molecule has 3 aromatic carbocycles. The first kappa shape index (κ1) is 23.9. The molecule has 35 heavy (non-hydrogen) atoms. The van der Waals surface area contributed by atoms with Crippen molar-refractivity contribution in [2.75, 3.05) is 6.26 Å². The van der Waals surface area contributed by atoms with Crippen LogP contribution in [0.2, 0.25) is 0 Å². The second-order valence-corrected chi connectivity index (χ2v) is 10.3. The number of aromatic amines is 1. The Morgan fingerprint density at radius 2 is 1.57 bits per heavy atom. The van der Waals surface area contributed by atoms with Crippen LogP contribution < -0.4 is 5.56 Å². The van der Waals surface area contributed by atoms with Crippen LogP contribution in [0, 0.1) is 13.8 Å². The van der Waals surface area contributed by atoms with Gasteiger partial charge in [-0.2, -0.15) is 0 Å². The molecule has 0 amide bonds. The number of benzene rings is 3. The maximum absolute atomic E-state index is 13.4. The van der Waals surface area contributed by atoms with Crippen molar-refractivity contribution >= 4 is 27.7 Å². The van der Waals surface area contributed by atoms with E-state index in [1.54, 1.807) is 0 Å². The Labute approximate surface area is 202 Å². The van der Waals surface area contributed by atoms with Gasteiger partial charge in [0.05, 0.1) is 33.1 Å². The molecule has 0 spiro atoms. The Balaban J connectivity index is 1.88. The highest BCUT2D eigenvalue weighted by Crippen LogP contribution is 2.25. The number of nitrogens with one attached hydrogen (secondary N) is 1. The molecular weight excluding hydrogens is 466 g/mol. The van der Waals surface area contributed by atoms with Gasteiger partial charge in [-0.05, 0) is 44.2 Å². The minimum atomic E-state index is -3.60. The summed E-state index contributed by atoms with van der Waals surface area (Å²) >= 11 is 0. The SMILES string of the molecule is Cc1ccc(-c2[nH]n(-c3ccc(C)cc3)c(=O)c2C=Nc2ccc(S(C)(=O)=O)cc2C(=O)O)cc1. The van der Waals surface area contributed by atoms with Crippen LogP contribution in [0.1, 0.15) is 27.0 Å². The first-order valence-electron chi connectivity index (χ1n) is 10.6. The Hall–Kier alpha value is -4.24. The van der Waals surface area contributed by atoms with E-state index >= 15 is 0 Å². The molecule has 1 aromatic heterocycles. The van der Waals surface area contributed by atoms with Crippen LogP contribution in [0.15, 0.2) is 81.4 Å². The number of carboxylic acid groups (broad SMARTS) is 1. The van der Waals surface area contributed by atoms with Crippen molar-refractivity contribution in [3.8, 4) is 16.9 Å². The van der Waals surface area contributed by atoms with Crippen LogP contribution in [0.3, 0.4) is 0 Å². The van der Waals surface area contributed by atoms with Gasteiger partial charge in [0, 0.05) is 18.0 Å². The number of nitrogens with zero attached hydrogens (tertiary/aromatic N) is 2. The average Bonchev–Trinajstić information content (AvgIpc) is 3.14. The van der Waals surface area contributed by atoms with Crippen molar-refractivity contribution in [1.29, 1.82) is 0 Å². The molecule has 8 nitrogen and oxygen atoms in total. The molecule has 0 aliphatic carbocycles. The number of hydrogen-bond acceptors (Lipinski definition) is 5. The number of aromatic nitrogens is 2. The molecule has 0 bridgehead atoms. The Kier molecular flexibility index (Phi) is 6.27. The van der Waals surface area contributed by atoms with Gasteiger partial charge >= 0.3 is 5.97 Å². The molecule has 0 unspecified atom stereocenters. The molecule has 9 heteroatoms. The third-order valence-corrected chi connectivity index (χ3v) is 6.63. The van der Waals surface area contributed by atoms with Crippen LogP contribution in [0.25, 0.3) is 16.9 Å². The lowest BCUT2D eigenvalue weighted by Crippen LogP contribution is -2.17.